The Morgan fingerprint density at radius 3 is 2.55 bits per heavy atom. The van der Waals surface area contributed by atoms with Gasteiger partial charge < -0.3 is 9.88 Å². The van der Waals surface area contributed by atoms with Crippen LogP contribution >= 0.6 is 11.6 Å². The Morgan fingerprint density at radius 1 is 1.04 bits per heavy atom. The predicted molar refractivity (Wildman–Crippen MR) is 162 cm³/mol. The van der Waals surface area contributed by atoms with Gasteiger partial charge >= 0.3 is 12.7 Å². The fourth-order valence-electron chi connectivity index (χ4n) is 5.72. The van der Waals surface area contributed by atoms with Crippen molar-refractivity contribution in [2.45, 2.75) is 51.9 Å². The van der Waals surface area contributed by atoms with Gasteiger partial charge in [0.15, 0.2) is 5.69 Å². The topological polar surface area (TPSA) is 113 Å². The number of anilines is 1. The molecule has 5 heterocycles. The van der Waals surface area contributed by atoms with Gasteiger partial charge in [-0.05, 0) is 61.2 Å². The maximum absolute atomic E-state index is 14.0. The first-order valence-electron chi connectivity index (χ1n) is 14.5. The van der Waals surface area contributed by atoms with Gasteiger partial charge in [0.1, 0.15) is 0 Å². The van der Waals surface area contributed by atoms with Crippen molar-refractivity contribution in [3.8, 4) is 28.1 Å². The largest absolute Gasteiger partial charge is 0.436 e. The Kier molecular flexibility index (Phi) is 8.42. The van der Waals surface area contributed by atoms with E-state index in [1.807, 2.05) is 0 Å². The highest BCUT2D eigenvalue weighted by molar-refractivity contribution is 6.31. The summed E-state index contributed by atoms with van der Waals surface area (Å²) in [6, 6.07) is 8.31. The van der Waals surface area contributed by atoms with Crippen molar-refractivity contribution >= 4 is 23.2 Å². The average Bonchev–Trinajstić information content (AvgIpc) is 3.68. The first-order chi connectivity index (χ1) is 22.3. The molecule has 0 saturated carbocycles. The Bertz CT molecular complexity index is 2040. The molecule has 47 heavy (non-hydrogen) atoms. The van der Waals surface area contributed by atoms with Crippen molar-refractivity contribution in [3.63, 3.8) is 0 Å². The number of carbonyl (C=O) groups is 1. The summed E-state index contributed by atoms with van der Waals surface area (Å²) in [5, 5.41) is 13.7. The molecule has 1 amide bonds. The maximum atomic E-state index is 14.0. The van der Waals surface area contributed by atoms with Gasteiger partial charge in [-0.1, -0.05) is 30.2 Å². The van der Waals surface area contributed by atoms with Gasteiger partial charge in [-0.25, -0.2) is 9.36 Å². The second kappa shape index (κ2) is 12.4. The summed E-state index contributed by atoms with van der Waals surface area (Å²) in [6.07, 6.45) is 1.62. The van der Waals surface area contributed by atoms with Crippen LogP contribution in [0.1, 0.15) is 55.7 Å². The lowest BCUT2D eigenvalue weighted by atomic mass is 9.96. The smallest absolute Gasteiger partial charge is 0.323 e. The molecule has 1 aromatic carbocycles. The molecule has 1 aliphatic rings. The fraction of sp³-hybridized carbons (Fsp3) is 0.290. The second-order valence-electron chi connectivity index (χ2n) is 11.3. The zero-order valence-electron chi connectivity index (χ0n) is 24.8. The van der Waals surface area contributed by atoms with E-state index < -0.39 is 35.9 Å². The van der Waals surface area contributed by atoms with Crippen molar-refractivity contribution in [3.05, 3.63) is 93.5 Å². The minimum atomic E-state index is -4.71. The van der Waals surface area contributed by atoms with Gasteiger partial charge in [-0.2, -0.15) is 27.1 Å². The highest BCUT2D eigenvalue weighted by Gasteiger charge is 2.35. The second-order valence-corrected chi connectivity index (χ2v) is 11.7. The lowest BCUT2D eigenvalue weighted by Gasteiger charge is -2.23. The predicted octanol–water partition coefficient (Wildman–Crippen LogP) is 7.08. The van der Waals surface area contributed by atoms with Crippen LogP contribution in [0.25, 0.3) is 28.1 Å². The molecule has 2 unspecified atom stereocenters. The number of halogens is 6. The summed E-state index contributed by atoms with van der Waals surface area (Å²) < 4.78 is 70.7. The summed E-state index contributed by atoms with van der Waals surface area (Å²) in [4.78, 5) is 31.3. The number of aromatic nitrogens is 7. The van der Waals surface area contributed by atoms with Gasteiger partial charge in [-0.15, -0.1) is 5.10 Å². The molecule has 0 spiro atoms. The summed E-state index contributed by atoms with van der Waals surface area (Å²) in [5.41, 5.74) is 0.778. The fourth-order valence-corrected chi connectivity index (χ4v) is 5.90. The van der Waals surface area contributed by atoms with Gasteiger partial charge in [0.25, 0.3) is 5.56 Å². The van der Waals surface area contributed by atoms with Crippen LogP contribution in [0, 0.1) is 12.8 Å². The SMILES string of the molecule is Cc1cn(C2CCCC(C)C(=O)Nc3cnn(C(F)F)c3-c3ccnc2c3)c(=O)cc1-c1cc(Cl)ccc1-n1cc(C(F)(F)F)nn1. The summed E-state index contributed by atoms with van der Waals surface area (Å²) in [6.45, 7) is 0.475. The Hall–Kier alpha value is -4.92. The molecular formula is C31H26ClF5N8O2. The van der Waals surface area contributed by atoms with Crippen LogP contribution in [-0.2, 0) is 11.0 Å². The molecule has 4 aromatic heterocycles. The molecule has 1 aliphatic heterocycles. The highest BCUT2D eigenvalue weighted by atomic mass is 35.5. The molecule has 5 aromatic rings. The molecule has 2 atom stereocenters. The number of rotatable bonds is 4. The zero-order chi connectivity index (χ0) is 33.6. The number of fused-ring (bicyclic) bond motifs is 4. The van der Waals surface area contributed by atoms with Crippen molar-refractivity contribution in [1.82, 2.24) is 34.3 Å². The van der Waals surface area contributed by atoms with Gasteiger partial charge in [-0.3, -0.25) is 14.6 Å². The van der Waals surface area contributed by atoms with Crippen molar-refractivity contribution < 1.29 is 26.7 Å². The summed E-state index contributed by atoms with van der Waals surface area (Å²) in [5.74, 6) is -0.822. The molecule has 0 fully saturated rings. The molecule has 0 saturated heterocycles. The first kappa shape index (κ1) is 32.0. The quantitative estimate of drug-likeness (QED) is 0.204. The number of hydrogen-bond acceptors (Lipinski definition) is 6. The van der Waals surface area contributed by atoms with Crippen LogP contribution in [0.4, 0.5) is 27.6 Å². The number of hydrogen-bond donors (Lipinski definition) is 1. The van der Waals surface area contributed by atoms with E-state index in [1.165, 1.54) is 47.3 Å². The van der Waals surface area contributed by atoms with E-state index in [2.05, 4.69) is 25.7 Å². The molecule has 0 aliphatic carbocycles. The highest BCUT2D eigenvalue weighted by Crippen LogP contribution is 2.36. The molecule has 0 radical (unpaired) electrons. The molecule has 1 N–H and O–H groups in total. The lowest BCUT2D eigenvalue weighted by molar-refractivity contribution is -0.141. The molecule has 244 valence electrons. The Labute approximate surface area is 268 Å². The van der Waals surface area contributed by atoms with Crippen LogP contribution in [0.15, 0.2) is 66.0 Å². The third kappa shape index (κ3) is 6.26. The summed E-state index contributed by atoms with van der Waals surface area (Å²) in [7, 11) is 0. The number of pyridine rings is 2. The van der Waals surface area contributed by atoms with Crippen molar-refractivity contribution in [2.75, 3.05) is 5.32 Å². The van der Waals surface area contributed by atoms with E-state index in [1.54, 1.807) is 26.1 Å². The normalized spacial score (nSPS) is 17.2. The Balaban J connectivity index is 1.47. The van der Waals surface area contributed by atoms with Gasteiger partial charge in [0, 0.05) is 40.5 Å². The number of benzene rings is 1. The van der Waals surface area contributed by atoms with Crippen LogP contribution in [0.2, 0.25) is 5.02 Å². The van der Waals surface area contributed by atoms with E-state index in [0.29, 0.717) is 51.9 Å². The minimum absolute atomic E-state index is 0.00215. The molecule has 10 nitrogen and oxygen atoms in total. The number of nitrogens with zero attached hydrogens (tertiary/aromatic N) is 7. The number of nitrogens with one attached hydrogen (secondary N) is 1. The van der Waals surface area contributed by atoms with E-state index in [4.69, 9.17) is 11.6 Å². The Morgan fingerprint density at radius 2 is 1.83 bits per heavy atom. The average molecular weight is 673 g/mol. The van der Waals surface area contributed by atoms with E-state index >= 15 is 0 Å². The van der Waals surface area contributed by atoms with E-state index in [-0.39, 0.29) is 28.0 Å². The number of alkyl halides is 5. The molecule has 6 rings (SSSR count). The summed E-state index contributed by atoms with van der Waals surface area (Å²) >= 11 is 6.28. The van der Waals surface area contributed by atoms with Crippen molar-refractivity contribution in [2.24, 2.45) is 5.92 Å². The third-order valence-electron chi connectivity index (χ3n) is 8.09. The van der Waals surface area contributed by atoms with Gasteiger partial charge in [0.05, 0.1) is 41.2 Å². The molecular weight excluding hydrogens is 647 g/mol. The minimum Gasteiger partial charge on any atom is -0.323 e. The van der Waals surface area contributed by atoms with Crippen LogP contribution in [0.5, 0.6) is 0 Å². The third-order valence-corrected chi connectivity index (χ3v) is 8.33. The number of aryl methyl sites for hydroxylation is 1. The van der Waals surface area contributed by atoms with Crippen LogP contribution in [0.3, 0.4) is 0 Å². The van der Waals surface area contributed by atoms with Crippen LogP contribution < -0.4 is 10.9 Å². The lowest BCUT2D eigenvalue weighted by Crippen LogP contribution is -2.27. The number of amides is 1. The van der Waals surface area contributed by atoms with Gasteiger partial charge in [0.2, 0.25) is 5.91 Å². The molecule has 2 bridgehead atoms. The zero-order valence-corrected chi connectivity index (χ0v) is 25.6. The first-order valence-corrected chi connectivity index (χ1v) is 14.8. The van der Waals surface area contributed by atoms with Crippen molar-refractivity contribution in [1.29, 1.82) is 0 Å². The van der Waals surface area contributed by atoms with E-state index in [9.17, 15) is 31.5 Å². The van der Waals surface area contributed by atoms with E-state index in [0.717, 1.165) is 10.9 Å². The maximum Gasteiger partial charge on any atom is 0.436 e. The monoisotopic (exact) mass is 672 g/mol. The standard InChI is InChI=1S/C31H26ClF5N8O2/c1-16-4-3-5-25(22-10-18(8-9-38-22)28-23(40-29(16)47)13-39-45(28)30(33)34)43-14-17(2)20(12-27(43)46)21-11-19(32)6-7-24(21)44-15-26(41-42-44)31(35,36)37/h6-16,25,30H,3-5H2,1-2H3,(H,40,47). The number of carbonyl (C=O) groups excluding carboxylic acids is 1. The molecule has 16 heteroatoms. The van der Waals surface area contributed by atoms with Crippen LogP contribution in [-0.4, -0.2) is 40.2 Å².